The van der Waals surface area contributed by atoms with E-state index in [-0.39, 0.29) is 23.5 Å². The van der Waals surface area contributed by atoms with Crippen LogP contribution in [0.1, 0.15) is 52.0 Å². The summed E-state index contributed by atoms with van der Waals surface area (Å²) in [5.41, 5.74) is 0.628. The zero-order chi connectivity index (χ0) is 18.3. The first-order chi connectivity index (χ1) is 11.9. The Labute approximate surface area is 150 Å². The molecule has 0 bridgehead atoms. The maximum absolute atomic E-state index is 12.3. The Kier molecular flexibility index (Phi) is 6.85. The fourth-order valence-corrected chi connectivity index (χ4v) is 2.85. The molecule has 1 aromatic carbocycles. The summed E-state index contributed by atoms with van der Waals surface area (Å²) in [6, 6.07) is 9.91. The zero-order valence-electron chi connectivity index (χ0n) is 15.6. The zero-order valence-corrected chi connectivity index (χ0v) is 15.6. The summed E-state index contributed by atoms with van der Waals surface area (Å²) in [7, 11) is 0. The number of carbonyl (C=O) groups excluding carboxylic acids is 2. The molecule has 138 valence electrons. The molecule has 1 saturated heterocycles. The van der Waals surface area contributed by atoms with E-state index in [4.69, 9.17) is 4.74 Å². The van der Waals surface area contributed by atoms with E-state index in [1.54, 1.807) is 4.90 Å². The van der Waals surface area contributed by atoms with Gasteiger partial charge in [-0.05, 0) is 31.2 Å². The number of rotatable bonds is 3. The van der Waals surface area contributed by atoms with Gasteiger partial charge in [-0.1, -0.05) is 51.1 Å². The van der Waals surface area contributed by atoms with E-state index in [1.807, 2.05) is 51.1 Å². The number of nitrogens with zero attached hydrogens (tertiary/aromatic N) is 1. The van der Waals surface area contributed by atoms with Gasteiger partial charge in [-0.25, -0.2) is 4.79 Å². The van der Waals surface area contributed by atoms with Gasteiger partial charge in [0.25, 0.3) is 0 Å². The predicted molar refractivity (Wildman–Crippen MR) is 98.1 cm³/mol. The fourth-order valence-electron chi connectivity index (χ4n) is 2.85. The van der Waals surface area contributed by atoms with Gasteiger partial charge in [0.2, 0.25) is 5.91 Å². The standard InChI is InChI=1S/C20H30N2O3/c1-20(2,3)18(23)21-17-11-7-13-22(14-8-12-17)19(24)25-15-16-9-5-4-6-10-16/h4-6,9-10,17H,7-8,11-15H2,1-3H3,(H,21,23). The van der Waals surface area contributed by atoms with E-state index in [1.165, 1.54) is 0 Å². The van der Waals surface area contributed by atoms with Crippen LogP contribution < -0.4 is 5.32 Å². The van der Waals surface area contributed by atoms with Crippen molar-refractivity contribution in [1.29, 1.82) is 0 Å². The van der Waals surface area contributed by atoms with Gasteiger partial charge in [-0.15, -0.1) is 0 Å². The van der Waals surface area contributed by atoms with E-state index in [9.17, 15) is 9.59 Å². The minimum Gasteiger partial charge on any atom is -0.445 e. The smallest absolute Gasteiger partial charge is 0.410 e. The first-order valence-corrected chi connectivity index (χ1v) is 9.13. The second kappa shape index (κ2) is 8.88. The number of benzene rings is 1. The van der Waals surface area contributed by atoms with Gasteiger partial charge >= 0.3 is 6.09 Å². The molecule has 1 heterocycles. The number of carbonyl (C=O) groups is 2. The molecule has 0 saturated carbocycles. The highest BCUT2D eigenvalue weighted by atomic mass is 16.6. The van der Waals surface area contributed by atoms with Crippen molar-refractivity contribution in [3.8, 4) is 0 Å². The Morgan fingerprint density at radius 3 is 2.28 bits per heavy atom. The van der Waals surface area contributed by atoms with Crippen molar-refractivity contribution in [2.24, 2.45) is 5.41 Å². The summed E-state index contributed by atoms with van der Waals surface area (Å²) in [4.78, 5) is 26.2. The highest BCUT2D eigenvalue weighted by Crippen LogP contribution is 2.17. The van der Waals surface area contributed by atoms with Crippen molar-refractivity contribution in [3.05, 3.63) is 35.9 Å². The van der Waals surface area contributed by atoms with Crippen LogP contribution in [0.4, 0.5) is 4.79 Å². The molecule has 1 aliphatic heterocycles. The van der Waals surface area contributed by atoms with Gasteiger partial charge in [0, 0.05) is 24.5 Å². The van der Waals surface area contributed by atoms with Gasteiger partial charge in [-0.2, -0.15) is 0 Å². The monoisotopic (exact) mass is 346 g/mol. The van der Waals surface area contributed by atoms with Crippen molar-refractivity contribution in [1.82, 2.24) is 10.2 Å². The number of hydrogen-bond donors (Lipinski definition) is 1. The summed E-state index contributed by atoms with van der Waals surface area (Å²) < 4.78 is 5.42. The van der Waals surface area contributed by atoms with E-state index in [0.717, 1.165) is 31.2 Å². The molecule has 2 amide bonds. The maximum Gasteiger partial charge on any atom is 0.410 e. The largest absolute Gasteiger partial charge is 0.445 e. The Balaban J connectivity index is 1.76. The molecule has 5 heteroatoms. The van der Waals surface area contributed by atoms with Crippen LogP contribution in [-0.4, -0.2) is 36.0 Å². The molecule has 1 fully saturated rings. The normalized spacial score (nSPS) is 16.7. The Hall–Kier alpha value is -2.04. The summed E-state index contributed by atoms with van der Waals surface area (Å²) in [5, 5.41) is 3.14. The molecular weight excluding hydrogens is 316 g/mol. The van der Waals surface area contributed by atoms with Gasteiger partial charge in [0.1, 0.15) is 6.61 Å². The van der Waals surface area contributed by atoms with Crippen LogP contribution in [0, 0.1) is 5.41 Å². The number of amides is 2. The third-order valence-electron chi connectivity index (χ3n) is 4.44. The van der Waals surface area contributed by atoms with E-state index in [2.05, 4.69) is 5.32 Å². The fraction of sp³-hybridized carbons (Fsp3) is 0.600. The van der Waals surface area contributed by atoms with E-state index in [0.29, 0.717) is 19.7 Å². The summed E-state index contributed by atoms with van der Waals surface area (Å²) in [6.45, 7) is 7.44. The predicted octanol–water partition coefficient (Wildman–Crippen LogP) is 3.73. The molecular formula is C20H30N2O3. The molecule has 0 atom stereocenters. The Morgan fingerprint density at radius 2 is 1.72 bits per heavy atom. The van der Waals surface area contributed by atoms with Gasteiger partial charge in [0.05, 0.1) is 0 Å². The molecule has 1 aromatic rings. The molecule has 1 N–H and O–H groups in total. The number of ether oxygens (including phenoxy) is 1. The topological polar surface area (TPSA) is 58.6 Å². The van der Waals surface area contributed by atoms with Gasteiger partial charge in [-0.3, -0.25) is 4.79 Å². The van der Waals surface area contributed by atoms with Gasteiger partial charge in [0.15, 0.2) is 0 Å². The molecule has 0 spiro atoms. The summed E-state index contributed by atoms with van der Waals surface area (Å²) in [5.74, 6) is 0.0946. The quantitative estimate of drug-likeness (QED) is 0.907. The van der Waals surface area contributed by atoms with Crippen LogP contribution in [0.5, 0.6) is 0 Å². The van der Waals surface area contributed by atoms with Crippen LogP contribution in [0.25, 0.3) is 0 Å². The second-order valence-electron chi connectivity index (χ2n) is 7.73. The number of hydrogen-bond acceptors (Lipinski definition) is 3. The molecule has 25 heavy (non-hydrogen) atoms. The first-order valence-electron chi connectivity index (χ1n) is 9.13. The SMILES string of the molecule is CC(C)(C)C(=O)NC1CCCN(C(=O)OCc2ccccc2)CCC1. The van der Waals surface area contributed by atoms with Crippen LogP contribution in [0.2, 0.25) is 0 Å². The molecule has 0 unspecified atom stereocenters. The van der Waals surface area contributed by atoms with Crippen LogP contribution in [0.3, 0.4) is 0 Å². The van der Waals surface area contributed by atoms with Crippen molar-refractivity contribution < 1.29 is 14.3 Å². The summed E-state index contributed by atoms with van der Waals surface area (Å²) >= 11 is 0. The first kappa shape index (κ1) is 19.3. The minimum absolute atomic E-state index is 0.0946. The van der Waals surface area contributed by atoms with Crippen molar-refractivity contribution in [3.63, 3.8) is 0 Å². The average Bonchev–Trinajstić information content (AvgIpc) is 2.55. The van der Waals surface area contributed by atoms with Crippen LogP contribution >= 0.6 is 0 Å². The third kappa shape index (κ3) is 6.40. The van der Waals surface area contributed by atoms with Crippen LogP contribution in [-0.2, 0) is 16.1 Å². The lowest BCUT2D eigenvalue weighted by atomic mass is 9.94. The lowest BCUT2D eigenvalue weighted by Crippen LogP contribution is -2.44. The third-order valence-corrected chi connectivity index (χ3v) is 4.44. The second-order valence-corrected chi connectivity index (χ2v) is 7.73. The van der Waals surface area contributed by atoms with Crippen molar-refractivity contribution in [2.45, 2.75) is 59.1 Å². The Bertz CT molecular complexity index is 556. The van der Waals surface area contributed by atoms with Crippen LogP contribution in [0.15, 0.2) is 30.3 Å². The molecule has 0 aliphatic carbocycles. The lowest BCUT2D eigenvalue weighted by Gasteiger charge is -2.29. The number of likely N-dealkylation sites (tertiary alicyclic amines) is 1. The Morgan fingerprint density at radius 1 is 1.12 bits per heavy atom. The molecule has 2 rings (SSSR count). The average molecular weight is 346 g/mol. The molecule has 0 aromatic heterocycles. The lowest BCUT2D eigenvalue weighted by molar-refractivity contribution is -0.129. The van der Waals surface area contributed by atoms with Gasteiger partial charge < -0.3 is 15.0 Å². The molecule has 0 radical (unpaired) electrons. The molecule has 1 aliphatic rings. The van der Waals surface area contributed by atoms with Crippen molar-refractivity contribution >= 4 is 12.0 Å². The minimum atomic E-state index is -0.365. The summed E-state index contributed by atoms with van der Waals surface area (Å²) in [6.07, 6.45) is 3.28. The maximum atomic E-state index is 12.3. The molecule has 5 nitrogen and oxygen atoms in total. The van der Waals surface area contributed by atoms with Crippen molar-refractivity contribution in [2.75, 3.05) is 13.1 Å². The number of nitrogens with one attached hydrogen (secondary N) is 1. The highest BCUT2D eigenvalue weighted by Gasteiger charge is 2.25. The highest BCUT2D eigenvalue weighted by molar-refractivity contribution is 5.81. The van der Waals surface area contributed by atoms with E-state index >= 15 is 0 Å². The van der Waals surface area contributed by atoms with E-state index < -0.39 is 0 Å².